The lowest BCUT2D eigenvalue weighted by Gasteiger charge is -2.07. The second-order valence-electron chi connectivity index (χ2n) is 3.49. The van der Waals surface area contributed by atoms with E-state index in [1.54, 1.807) is 6.20 Å². The summed E-state index contributed by atoms with van der Waals surface area (Å²) in [5, 5.41) is 7.06. The zero-order valence-electron chi connectivity index (χ0n) is 7.90. The molecular weight excluding hydrogens is 216 g/mol. The third-order valence-electron chi connectivity index (χ3n) is 2.48. The molecule has 3 heterocycles. The van der Waals surface area contributed by atoms with Gasteiger partial charge in [-0.3, -0.25) is 5.10 Å². The minimum absolute atomic E-state index is 0.0122. The van der Waals surface area contributed by atoms with Crippen LogP contribution in [0.3, 0.4) is 0 Å². The molecule has 1 unspecified atom stereocenters. The number of rotatable bonds is 1. The highest BCUT2D eigenvalue weighted by Gasteiger charge is 2.22. The fourth-order valence-corrected chi connectivity index (χ4v) is 1.97. The van der Waals surface area contributed by atoms with Gasteiger partial charge in [0.25, 0.3) is 0 Å². The number of H-pyrrole nitrogens is 1. The monoisotopic (exact) mass is 224 g/mol. The van der Waals surface area contributed by atoms with Crippen molar-refractivity contribution in [2.24, 2.45) is 0 Å². The fourth-order valence-electron chi connectivity index (χ4n) is 1.75. The van der Waals surface area contributed by atoms with E-state index in [1.165, 1.54) is 0 Å². The maximum Gasteiger partial charge on any atom is 0.161 e. The number of nitrogens with one attached hydrogen (secondary N) is 1. The number of aromatic nitrogens is 4. The number of nitrogens with zero attached hydrogens (tertiary/aromatic N) is 3. The van der Waals surface area contributed by atoms with E-state index >= 15 is 0 Å². The average molecular weight is 225 g/mol. The standard InChI is InChI=1S/C9H9ClN4O/c10-8-7-5(4-11-14-7)12-9(13-8)6-2-1-3-15-6/h4,6H,1-3H2,(H,11,14). The fraction of sp³-hybridized carbons (Fsp3) is 0.444. The molecular formula is C9H9ClN4O. The minimum atomic E-state index is -0.0122. The van der Waals surface area contributed by atoms with E-state index in [9.17, 15) is 0 Å². The maximum absolute atomic E-state index is 5.99. The third kappa shape index (κ3) is 1.48. The predicted octanol–water partition coefficient (Wildman–Crippen LogP) is 1.86. The Morgan fingerprint density at radius 3 is 3.20 bits per heavy atom. The molecule has 2 aromatic heterocycles. The molecule has 0 saturated carbocycles. The number of ether oxygens (including phenoxy) is 1. The quantitative estimate of drug-likeness (QED) is 0.751. The van der Waals surface area contributed by atoms with Crippen LogP contribution in [0.15, 0.2) is 6.20 Å². The van der Waals surface area contributed by atoms with Crippen molar-refractivity contribution < 1.29 is 4.74 Å². The average Bonchev–Trinajstić information content (AvgIpc) is 2.88. The van der Waals surface area contributed by atoms with Crippen LogP contribution in [-0.2, 0) is 4.74 Å². The van der Waals surface area contributed by atoms with Gasteiger partial charge in [-0.2, -0.15) is 5.10 Å². The SMILES string of the molecule is Clc1nc(C2CCCO2)nc2c[nH]nc12. The zero-order chi connectivity index (χ0) is 10.3. The first-order valence-corrected chi connectivity index (χ1v) is 5.21. The van der Waals surface area contributed by atoms with Gasteiger partial charge in [0.15, 0.2) is 11.0 Å². The highest BCUT2D eigenvalue weighted by molar-refractivity contribution is 6.33. The summed E-state index contributed by atoms with van der Waals surface area (Å²) < 4.78 is 5.51. The first-order chi connectivity index (χ1) is 7.34. The smallest absolute Gasteiger partial charge is 0.161 e. The molecule has 0 amide bonds. The van der Waals surface area contributed by atoms with Crippen molar-refractivity contribution in [3.63, 3.8) is 0 Å². The lowest BCUT2D eigenvalue weighted by atomic mass is 10.2. The molecule has 0 bridgehead atoms. The van der Waals surface area contributed by atoms with E-state index in [0.717, 1.165) is 25.0 Å². The molecule has 5 nitrogen and oxygen atoms in total. The second kappa shape index (κ2) is 3.43. The Morgan fingerprint density at radius 2 is 2.40 bits per heavy atom. The topological polar surface area (TPSA) is 63.7 Å². The van der Waals surface area contributed by atoms with Crippen molar-refractivity contribution in [3.05, 3.63) is 17.2 Å². The normalized spacial score (nSPS) is 21.3. The van der Waals surface area contributed by atoms with Crippen molar-refractivity contribution in [2.45, 2.75) is 18.9 Å². The number of halogens is 1. The minimum Gasteiger partial charge on any atom is -0.370 e. The van der Waals surface area contributed by atoms with E-state index in [2.05, 4.69) is 20.2 Å². The summed E-state index contributed by atoms with van der Waals surface area (Å²) in [5.41, 5.74) is 1.35. The largest absolute Gasteiger partial charge is 0.370 e. The number of hydrogen-bond donors (Lipinski definition) is 1. The highest BCUT2D eigenvalue weighted by Crippen LogP contribution is 2.28. The molecule has 1 saturated heterocycles. The Bertz CT molecular complexity index is 492. The molecule has 0 aromatic carbocycles. The van der Waals surface area contributed by atoms with Crippen LogP contribution in [0.4, 0.5) is 0 Å². The van der Waals surface area contributed by atoms with Gasteiger partial charge < -0.3 is 4.74 Å². The van der Waals surface area contributed by atoms with Crippen LogP contribution in [0.1, 0.15) is 24.8 Å². The summed E-state index contributed by atoms with van der Waals surface area (Å²) in [6.45, 7) is 0.773. The van der Waals surface area contributed by atoms with Crippen LogP contribution in [-0.4, -0.2) is 26.8 Å². The van der Waals surface area contributed by atoms with Crippen LogP contribution in [0.2, 0.25) is 5.15 Å². The highest BCUT2D eigenvalue weighted by atomic mass is 35.5. The molecule has 0 radical (unpaired) electrons. The second-order valence-corrected chi connectivity index (χ2v) is 3.85. The summed E-state index contributed by atoms with van der Waals surface area (Å²) >= 11 is 5.99. The van der Waals surface area contributed by atoms with Crippen molar-refractivity contribution in [3.8, 4) is 0 Å². The van der Waals surface area contributed by atoms with Crippen molar-refractivity contribution in [1.29, 1.82) is 0 Å². The summed E-state index contributed by atoms with van der Waals surface area (Å²) in [6.07, 6.45) is 3.71. The van der Waals surface area contributed by atoms with E-state index in [-0.39, 0.29) is 6.10 Å². The first kappa shape index (κ1) is 9.06. The summed E-state index contributed by atoms with van der Waals surface area (Å²) in [4.78, 5) is 8.57. The lowest BCUT2D eigenvalue weighted by molar-refractivity contribution is 0.105. The van der Waals surface area contributed by atoms with E-state index in [0.29, 0.717) is 16.5 Å². The molecule has 0 spiro atoms. The Labute approximate surface area is 90.8 Å². The van der Waals surface area contributed by atoms with Gasteiger partial charge in [0.1, 0.15) is 17.1 Å². The molecule has 1 atom stereocenters. The van der Waals surface area contributed by atoms with Crippen molar-refractivity contribution in [1.82, 2.24) is 20.2 Å². The van der Waals surface area contributed by atoms with Gasteiger partial charge in [-0.05, 0) is 12.8 Å². The van der Waals surface area contributed by atoms with Crippen LogP contribution in [0.25, 0.3) is 11.0 Å². The maximum atomic E-state index is 5.99. The summed E-state index contributed by atoms with van der Waals surface area (Å²) in [6, 6.07) is 0. The van der Waals surface area contributed by atoms with Crippen LogP contribution in [0, 0.1) is 0 Å². The van der Waals surface area contributed by atoms with E-state index in [1.807, 2.05) is 0 Å². The molecule has 78 valence electrons. The molecule has 1 fully saturated rings. The summed E-state index contributed by atoms with van der Waals surface area (Å²) in [5.74, 6) is 0.659. The summed E-state index contributed by atoms with van der Waals surface area (Å²) in [7, 11) is 0. The predicted molar refractivity (Wildman–Crippen MR) is 54.6 cm³/mol. The van der Waals surface area contributed by atoms with Crippen molar-refractivity contribution in [2.75, 3.05) is 6.61 Å². The van der Waals surface area contributed by atoms with Gasteiger partial charge >= 0.3 is 0 Å². The molecule has 15 heavy (non-hydrogen) atoms. The molecule has 3 rings (SSSR count). The van der Waals surface area contributed by atoms with Gasteiger partial charge in [-0.15, -0.1) is 0 Å². The van der Waals surface area contributed by atoms with Gasteiger partial charge in [-0.25, -0.2) is 9.97 Å². The molecule has 2 aromatic rings. The Kier molecular flexibility index (Phi) is 2.07. The van der Waals surface area contributed by atoms with E-state index < -0.39 is 0 Å². The third-order valence-corrected chi connectivity index (χ3v) is 2.74. The van der Waals surface area contributed by atoms with E-state index in [4.69, 9.17) is 16.3 Å². The van der Waals surface area contributed by atoms with Crippen LogP contribution < -0.4 is 0 Å². The number of hydrogen-bond acceptors (Lipinski definition) is 4. The molecule has 1 N–H and O–H groups in total. The molecule has 6 heteroatoms. The lowest BCUT2D eigenvalue weighted by Crippen LogP contribution is -2.03. The van der Waals surface area contributed by atoms with Crippen LogP contribution >= 0.6 is 11.6 Å². The van der Waals surface area contributed by atoms with Crippen LogP contribution in [0.5, 0.6) is 0 Å². The Hall–Kier alpha value is -1.20. The zero-order valence-corrected chi connectivity index (χ0v) is 8.66. The van der Waals surface area contributed by atoms with Gasteiger partial charge in [0.2, 0.25) is 0 Å². The van der Waals surface area contributed by atoms with Crippen molar-refractivity contribution >= 4 is 22.6 Å². The Balaban J connectivity index is 2.11. The van der Waals surface area contributed by atoms with Gasteiger partial charge in [0, 0.05) is 12.8 Å². The first-order valence-electron chi connectivity index (χ1n) is 4.83. The van der Waals surface area contributed by atoms with Gasteiger partial charge in [0.05, 0.1) is 0 Å². The molecule has 1 aliphatic heterocycles. The number of aromatic amines is 1. The Morgan fingerprint density at radius 1 is 1.47 bits per heavy atom. The van der Waals surface area contributed by atoms with Gasteiger partial charge in [-0.1, -0.05) is 11.6 Å². The number of fused-ring (bicyclic) bond motifs is 1. The molecule has 1 aliphatic rings. The molecule has 0 aliphatic carbocycles.